The number of aliphatic carboxylic acids is 1. The number of fused-ring (bicyclic) bond motifs is 1. The molecule has 0 unspecified atom stereocenters. The highest BCUT2D eigenvalue weighted by Gasteiger charge is 2.42. The largest absolute Gasteiger partial charge is 0.481 e. The maximum atomic E-state index is 15.4. The number of ether oxygens (including phenoxy) is 2. The number of methoxy groups -OCH3 is 1. The van der Waals surface area contributed by atoms with Crippen molar-refractivity contribution in [3.63, 3.8) is 0 Å². The average molecular weight is 653 g/mol. The van der Waals surface area contributed by atoms with Crippen molar-refractivity contribution in [2.45, 2.75) is 62.8 Å². The molecule has 3 aromatic rings. The summed E-state index contributed by atoms with van der Waals surface area (Å²) in [5, 5.41) is 13.6. The maximum Gasteiger partial charge on any atom is 0.306 e. The molecule has 2 saturated heterocycles. The Morgan fingerprint density at radius 3 is 2.57 bits per heavy atom. The number of halogens is 2. The van der Waals surface area contributed by atoms with E-state index in [9.17, 15) is 19.5 Å². The van der Waals surface area contributed by atoms with Crippen molar-refractivity contribution in [3.05, 3.63) is 70.8 Å². The van der Waals surface area contributed by atoms with Crippen LogP contribution in [0.25, 0.3) is 10.8 Å². The van der Waals surface area contributed by atoms with E-state index < -0.39 is 17.7 Å². The molecule has 0 spiro atoms. The first-order chi connectivity index (χ1) is 22.2. The van der Waals surface area contributed by atoms with E-state index in [-0.39, 0.29) is 64.5 Å². The van der Waals surface area contributed by atoms with Crippen molar-refractivity contribution in [1.29, 1.82) is 0 Å². The quantitative estimate of drug-likeness (QED) is 0.321. The minimum Gasteiger partial charge on any atom is -0.481 e. The maximum absolute atomic E-state index is 15.4. The summed E-state index contributed by atoms with van der Waals surface area (Å²) >= 11 is 6.51. The summed E-state index contributed by atoms with van der Waals surface area (Å²) in [6, 6.07) is 11.6. The number of carbonyl (C=O) groups excluding carboxylic acids is 2. The molecule has 244 valence electrons. The van der Waals surface area contributed by atoms with Gasteiger partial charge in [-0.2, -0.15) is 0 Å². The number of aromatic nitrogens is 1. The van der Waals surface area contributed by atoms with Crippen LogP contribution < -0.4 is 5.32 Å². The highest BCUT2D eigenvalue weighted by molar-refractivity contribution is 6.34. The third-order valence-electron chi connectivity index (χ3n) is 9.60. The lowest BCUT2D eigenvalue weighted by molar-refractivity contribution is -0.144. The van der Waals surface area contributed by atoms with Crippen molar-refractivity contribution in [1.82, 2.24) is 14.8 Å². The zero-order valence-corrected chi connectivity index (χ0v) is 26.4. The van der Waals surface area contributed by atoms with Crippen LogP contribution in [0, 0.1) is 11.7 Å². The standard InChI is InChI=1S/C34H38ClFN4O6/c1-45-26-17-39(18-26)23-14-24(19-46-25-8-6-21(7-9-25)34(43)44)40(16-23)31(41)13-22-12-28(35)30(15-29(22)36)38-33(42)32-27-5-3-2-4-20(27)10-11-37-32/h2-5,10-12,15,21,23-26H,6-9,13-14,16-19H2,1H3,(H,38,42)(H,43,44)/t21?,23-,24-,25?/m0/s1. The number of carbonyl (C=O) groups is 3. The lowest BCUT2D eigenvalue weighted by atomic mass is 9.87. The second-order valence-electron chi connectivity index (χ2n) is 12.5. The summed E-state index contributed by atoms with van der Waals surface area (Å²) in [4.78, 5) is 46.4. The first-order valence-electron chi connectivity index (χ1n) is 15.7. The van der Waals surface area contributed by atoms with Gasteiger partial charge in [0.15, 0.2) is 0 Å². The molecular formula is C34H38ClFN4O6. The number of anilines is 1. The van der Waals surface area contributed by atoms with Crippen LogP contribution in [0.1, 0.15) is 48.2 Å². The van der Waals surface area contributed by atoms with Crippen molar-refractivity contribution in [3.8, 4) is 0 Å². The summed E-state index contributed by atoms with van der Waals surface area (Å²) in [5.41, 5.74) is 0.417. The van der Waals surface area contributed by atoms with Gasteiger partial charge in [0.1, 0.15) is 11.5 Å². The first-order valence-corrected chi connectivity index (χ1v) is 16.1. The summed E-state index contributed by atoms with van der Waals surface area (Å²) < 4.78 is 27.1. The fraction of sp³-hybridized carbons (Fsp3) is 0.471. The summed E-state index contributed by atoms with van der Waals surface area (Å²) in [6.07, 6.45) is 4.71. The smallest absolute Gasteiger partial charge is 0.306 e. The van der Waals surface area contributed by atoms with Crippen LogP contribution in [0.5, 0.6) is 0 Å². The van der Waals surface area contributed by atoms with Crippen molar-refractivity contribution < 1.29 is 33.4 Å². The summed E-state index contributed by atoms with van der Waals surface area (Å²) in [5.74, 6) is -2.50. The van der Waals surface area contributed by atoms with Crippen LogP contribution in [0.3, 0.4) is 0 Å². The van der Waals surface area contributed by atoms with Crippen molar-refractivity contribution in [2.75, 3.05) is 38.7 Å². The van der Waals surface area contributed by atoms with E-state index in [1.807, 2.05) is 18.2 Å². The first kappa shape index (κ1) is 32.3. The van der Waals surface area contributed by atoms with Crippen molar-refractivity contribution >= 4 is 45.8 Å². The molecule has 2 N–H and O–H groups in total. The fourth-order valence-corrected chi connectivity index (χ4v) is 7.06. The zero-order chi connectivity index (χ0) is 32.4. The van der Waals surface area contributed by atoms with Gasteiger partial charge < -0.3 is 24.8 Å². The number of carboxylic acids is 1. The van der Waals surface area contributed by atoms with E-state index in [1.165, 1.54) is 12.3 Å². The number of pyridine rings is 1. The number of nitrogens with zero attached hydrogens (tertiary/aromatic N) is 3. The van der Waals surface area contributed by atoms with E-state index in [1.54, 1.807) is 24.1 Å². The van der Waals surface area contributed by atoms with Gasteiger partial charge in [0.25, 0.3) is 5.91 Å². The Morgan fingerprint density at radius 1 is 1.07 bits per heavy atom. The van der Waals surface area contributed by atoms with Gasteiger partial charge in [-0.25, -0.2) is 4.39 Å². The molecule has 3 heterocycles. The number of benzene rings is 2. The molecule has 12 heteroatoms. The Labute approximate surface area is 271 Å². The molecular weight excluding hydrogens is 615 g/mol. The van der Waals surface area contributed by atoms with Crippen LogP contribution >= 0.6 is 11.6 Å². The van der Waals surface area contributed by atoms with Gasteiger partial charge in [-0.3, -0.25) is 24.3 Å². The lowest BCUT2D eigenvalue weighted by Gasteiger charge is -2.42. The topological polar surface area (TPSA) is 121 Å². The van der Waals surface area contributed by atoms with Gasteiger partial charge in [-0.1, -0.05) is 35.9 Å². The molecule has 10 nitrogen and oxygen atoms in total. The molecule has 2 atom stereocenters. The average Bonchev–Trinajstić information content (AvgIpc) is 3.45. The number of hydrogen-bond acceptors (Lipinski definition) is 7. The van der Waals surface area contributed by atoms with Crippen molar-refractivity contribution in [2.24, 2.45) is 5.92 Å². The SMILES string of the molecule is COC1CN([C@H]2C[C@@H](COC3CCC(C(=O)O)CC3)N(C(=O)Cc3cc(Cl)c(NC(=O)c4nccc5ccccc45)cc3F)C2)C1. The molecule has 46 heavy (non-hydrogen) atoms. The normalized spacial score (nSPS) is 23.8. The monoisotopic (exact) mass is 652 g/mol. The molecule has 3 aliphatic rings. The van der Waals surface area contributed by atoms with Gasteiger partial charge in [0.05, 0.1) is 47.9 Å². The highest BCUT2D eigenvalue weighted by Crippen LogP contribution is 2.32. The van der Waals surface area contributed by atoms with E-state index in [0.29, 0.717) is 44.2 Å². The minimum absolute atomic E-state index is 0.0448. The van der Waals surface area contributed by atoms with Gasteiger partial charge in [0, 0.05) is 44.4 Å². The zero-order valence-electron chi connectivity index (χ0n) is 25.7. The van der Waals surface area contributed by atoms with Crippen LogP contribution in [-0.4, -0.2) is 95.3 Å². The fourth-order valence-electron chi connectivity index (χ4n) is 6.83. The van der Waals surface area contributed by atoms with Gasteiger partial charge in [-0.15, -0.1) is 0 Å². The number of amides is 2. The Balaban J connectivity index is 1.12. The van der Waals surface area contributed by atoms with Crippen LogP contribution in [-0.2, 0) is 25.5 Å². The third kappa shape index (κ3) is 7.02. The highest BCUT2D eigenvalue weighted by atomic mass is 35.5. The molecule has 3 fully saturated rings. The predicted octanol–water partition coefficient (Wildman–Crippen LogP) is 4.78. The van der Waals surface area contributed by atoms with E-state index in [0.717, 1.165) is 31.0 Å². The molecule has 1 saturated carbocycles. The number of nitrogens with one attached hydrogen (secondary N) is 1. The molecule has 0 radical (unpaired) electrons. The Bertz CT molecular complexity index is 1600. The Kier molecular flexibility index (Phi) is 9.84. The molecule has 2 amide bonds. The van der Waals surface area contributed by atoms with Crippen LogP contribution in [0.15, 0.2) is 48.7 Å². The lowest BCUT2D eigenvalue weighted by Crippen LogP contribution is -2.56. The Hall–Kier alpha value is -3.64. The van der Waals surface area contributed by atoms with E-state index in [2.05, 4.69) is 15.2 Å². The Morgan fingerprint density at radius 2 is 1.83 bits per heavy atom. The summed E-state index contributed by atoms with van der Waals surface area (Å²) in [6.45, 7) is 2.42. The molecule has 6 rings (SSSR count). The summed E-state index contributed by atoms with van der Waals surface area (Å²) in [7, 11) is 1.69. The van der Waals surface area contributed by atoms with Crippen LogP contribution in [0.4, 0.5) is 10.1 Å². The van der Waals surface area contributed by atoms with Gasteiger partial charge in [0.2, 0.25) is 5.91 Å². The molecule has 2 aromatic carbocycles. The van der Waals surface area contributed by atoms with Gasteiger partial charge in [-0.05, 0) is 61.3 Å². The molecule has 2 aliphatic heterocycles. The number of carboxylic acid groups (broad SMARTS) is 1. The third-order valence-corrected chi connectivity index (χ3v) is 9.91. The molecule has 0 bridgehead atoms. The predicted molar refractivity (Wildman–Crippen MR) is 170 cm³/mol. The van der Waals surface area contributed by atoms with Gasteiger partial charge >= 0.3 is 5.97 Å². The van der Waals surface area contributed by atoms with Crippen LogP contribution in [0.2, 0.25) is 5.02 Å². The molecule has 1 aliphatic carbocycles. The number of hydrogen-bond donors (Lipinski definition) is 2. The second kappa shape index (κ2) is 14.0. The number of likely N-dealkylation sites (tertiary alicyclic amines) is 2. The van der Waals surface area contributed by atoms with E-state index in [4.69, 9.17) is 21.1 Å². The minimum atomic E-state index is -0.762. The number of rotatable bonds is 10. The molecule has 1 aromatic heterocycles. The second-order valence-corrected chi connectivity index (χ2v) is 12.9. The van der Waals surface area contributed by atoms with E-state index >= 15 is 4.39 Å².